The molecule has 0 aromatic carbocycles. The van der Waals surface area contributed by atoms with Crippen LogP contribution in [0.25, 0.3) is 0 Å². The van der Waals surface area contributed by atoms with Crippen LogP contribution in [0, 0.1) is 11.8 Å². The van der Waals surface area contributed by atoms with Crippen LogP contribution in [0.15, 0.2) is 6.20 Å². The number of carbonyl (C=O) groups excluding carboxylic acids is 1. The monoisotopic (exact) mass is 389 g/mol. The number of nitrogens with two attached hydrogens (primary N) is 2. The van der Waals surface area contributed by atoms with Gasteiger partial charge in [0.2, 0.25) is 0 Å². The first kappa shape index (κ1) is 18.8. The Morgan fingerprint density at radius 3 is 2.56 bits per heavy atom. The van der Waals surface area contributed by atoms with Crippen molar-refractivity contribution in [1.29, 1.82) is 0 Å². The molecule has 1 saturated carbocycles. The van der Waals surface area contributed by atoms with Gasteiger partial charge in [0.05, 0.1) is 23.1 Å². The summed E-state index contributed by atoms with van der Waals surface area (Å²) >= 11 is 12.4. The maximum Gasteiger partial charge on any atom is 0.259 e. The summed E-state index contributed by atoms with van der Waals surface area (Å²) in [5.41, 5.74) is 12.6. The molecule has 1 aromatic heterocycles. The molecule has 3 rings (SSSR count). The average molecular weight is 390 g/mol. The number of amides is 1. The number of aromatic nitrogens is 2. The van der Waals surface area contributed by atoms with Gasteiger partial charge in [-0.1, -0.05) is 0 Å². The first-order chi connectivity index (χ1) is 11.9. The minimum Gasteiger partial charge on any atom is -0.393 e. The van der Waals surface area contributed by atoms with Gasteiger partial charge in [-0.25, -0.2) is 0 Å². The molecule has 2 aliphatic rings. The van der Waals surface area contributed by atoms with Gasteiger partial charge in [-0.15, -0.1) is 23.2 Å². The number of anilines is 1. The SMILES string of the molecule is Nc1[nH]ncc1C(=O)N1CCC([C@@H](N)C2CC(Cl)C(Cl)CC2O)CC1. The van der Waals surface area contributed by atoms with E-state index >= 15 is 0 Å². The predicted molar refractivity (Wildman–Crippen MR) is 97.6 cm³/mol. The lowest BCUT2D eigenvalue weighted by molar-refractivity contribution is 0.0339. The first-order valence-corrected chi connectivity index (χ1v) is 9.55. The molecule has 0 radical (unpaired) electrons. The number of alkyl halides is 2. The fraction of sp³-hybridized carbons (Fsp3) is 0.750. The van der Waals surface area contributed by atoms with Gasteiger partial charge in [-0.3, -0.25) is 9.89 Å². The fourth-order valence-corrected chi connectivity index (χ4v) is 4.60. The Hall–Kier alpha value is -1.02. The largest absolute Gasteiger partial charge is 0.393 e. The van der Waals surface area contributed by atoms with E-state index in [2.05, 4.69) is 10.2 Å². The van der Waals surface area contributed by atoms with Gasteiger partial charge < -0.3 is 21.5 Å². The normalized spacial score (nSPS) is 32.6. The topological polar surface area (TPSA) is 121 Å². The minimum atomic E-state index is -0.516. The van der Waals surface area contributed by atoms with Gasteiger partial charge in [0.25, 0.3) is 5.91 Å². The summed E-state index contributed by atoms with van der Waals surface area (Å²) in [4.78, 5) is 14.3. The third-order valence-corrected chi connectivity index (χ3v) is 6.71. The number of rotatable bonds is 3. The van der Waals surface area contributed by atoms with Crippen molar-refractivity contribution in [1.82, 2.24) is 15.1 Å². The highest BCUT2D eigenvalue weighted by Gasteiger charge is 2.40. The van der Waals surface area contributed by atoms with E-state index < -0.39 is 6.10 Å². The number of hydrogen-bond acceptors (Lipinski definition) is 5. The highest BCUT2D eigenvalue weighted by atomic mass is 35.5. The zero-order valence-corrected chi connectivity index (χ0v) is 15.5. The lowest BCUT2D eigenvalue weighted by Crippen LogP contribution is -2.51. The van der Waals surface area contributed by atoms with Gasteiger partial charge in [-0.2, -0.15) is 5.10 Å². The standard InChI is InChI=1S/C16H25Cl2N5O2/c17-11-5-9(13(24)6-12(11)18)14(19)8-1-3-23(4-2-8)16(25)10-7-21-22-15(10)20/h7-9,11-14,24H,1-6,19H2,(H3,20,21,22)/t9?,11?,12?,13?,14-/m1/s1. The molecule has 6 N–H and O–H groups in total. The molecule has 9 heteroatoms. The van der Waals surface area contributed by atoms with E-state index in [-0.39, 0.29) is 40.4 Å². The number of nitrogens with one attached hydrogen (secondary N) is 1. The highest BCUT2D eigenvalue weighted by Crippen LogP contribution is 2.37. The molecule has 140 valence electrons. The predicted octanol–water partition coefficient (Wildman–Crippen LogP) is 1.16. The van der Waals surface area contributed by atoms with Crippen molar-refractivity contribution in [3.05, 3.63) is 11.8 Å². The zero-order valence-electron chi connectivity index (χ0n) is 13.9. The summed E-state index contributed by atoms with van der Waals surface area (Å²) in [5, 5.41) is 16.3. The van der Waals surface area contributed by atoms with Crippen LogP contribution in [0.4, 0.5) is 5.82 Å². The van der Waals surface area contributed by atoms with Gasteiger partial charge in [0.15, 0.2) is 0 Å². The number of nitrogen functional groups attached to an aromatic ring is 1. The van der Waals surface area contributed by atoms with Gasteiger partial charge in [-0.05, 0) is 31.6 Å². The molecular formula is C16H25Cl2N5O2. The lowest BCUT2D eigenvalue weighted by atomic mass is 9.74. The molecule has 0 bridgehead atoms. The molecule has 1 saturated heterocycles. The van der Waals surface area contributed by atoms with Crippen molar-refractivity contribution in [2.75, 3.05) is 18.8 Å². The molecule has 1 aromatic rings. The molecule has 5 atom stereocenters. The number of likely N-dealkylation sites (tertiary alicyclic amines) is 1. The number of aliphatic hydroxyl groups is 1. The molecule has 1 aliphatic heterocycles. The quantitative estimate of drug-likeness (QED) is 0.577. The van der Waals surface area contributed by atoms with E-state index in [1.165, 1.54) is 6.20 Å². The van der Waals surface area contributed by atoms with Crippen LogP contribution in [0.2, 0.25) is 0 Å². The number of aliphatic hydroxyl groups excluding tert-OH is 1. The molecule has 4 unspecified atom stereocenters. The molecule has 2 heterocycles. The summed E-state index contributed by atoms with van der Waals surface area (Å²) in [5.74, 6) is 0.384. The van der Waals surface area contributed by atoms with Crippen LogP contribution in [-0.2, 0) is 0 Å². The molecule has 2 fully saturated rings. The third-order valence-electron chi connectivity index (χ3n) is 5.62. The summed E-state index contributed by atoms with van der Waals surface area (Å²) in [7, 11) is 0. The van der Waals surface area contributed by atoms with E-state index in [4.69, 9.17) is 34.7 Å². The Morgan fingerprint density at radius 2 is 1.96 bits per heavy atom. The molecule has 1 amide bonds. The van der Waals surface area contributed by atoms with Crippen LogP contribution in [0.3, 0.4) is 0 Å². The Kier molecular flexibility index (Phi) is 5.78. The number of carbonyl (C=O) groups is 1. The van der Waals surface area contributed by atoms with Gasteiger partial charge >= 0.3 is 0 Å². The van der Waals surface area contributed by atoms with Gasteiger partial charge in [0.1, 0.15) is 11.4 Å². The zero-order chi connectivity index (χ0) is 18.1. The van der Waals surface area contributed by atoms with Crippen molar-refractivity contribution in [2.24, 2.45) is 17.6 Å². The van der Waals surface area contributed by atoms with Crippen molar-refractivity contribution in [3.63, 3.8) is 0 Å². The summed E-state index contributed by atoms with van der Waals surface area (Å²) in [6, 6.07) is -0.142. The molecule has 0 spiro atoms. The number of H-pyrrole nitrogens is 1. The highest BCUT2D eigenvalue weighted by molar-refractivity contribution is 6.30. The number of hydrogen-bond donors (Lipinski definition) is 4. The van der Waals surface area contributed by atoms with Crippen molar-refractivity contribution >= 4 is 34.9 Å². The van der Waals surface area contributed by atoms with Crippen LogP contribution in [0.5, 0.6) is 0 Å². The Balaban J connectivity index is 1.57. The third kappa shape index (κ3) is 3.89. The lowest BCUT2D eigenvalue weighted by Gasteiger charge is -2.42. The number of piperidine rings is 1. The summed E-state index contributed by atoms with van der Waals surface area (Å²) in [6.07, 6.45) is 3.64. The first-order valence-electron chi connectivity index (χ1n) is 8.68. The smallest absolute Gasteiger partial charge is 0.259 e. The molecule has 7 nitrogen and oxygen atoms in total. The average Bonchev–Trinajstić information content (AvgIpc) is 3.03. The van der Waals surface area contributed by atoms with Crippen LogP contribution >= 0.6 is 23.2 Å². The Bertz CT molecular complexity index is 605. The van der Waals surface area contributed by atoms with E-state index in [9.17, 15) is 9.90 Å². The number of halogens is 2. The van der Waals surface area contributed by atoms with Crippen molar-refractivity contribution in [3.8, 4) is 0 Å². The second kappa shape index (κ2) is 7.70. The Morgan fingerprint density at radius 1 is 1.32 bits per heavy atom. The fourth-order valence-electron chi connectivity index (χ4n) is 4.01. The molecule has 25 heavy (non-hydrogen) atoms. The number of nitrogens with zero attached hydrogens (tertiary/aromatic N) is 2. The van der Waals surface area contributed by atoms with E-state index in [1.54, 1.807) is 4.90 Å². The molecular weight excluding hydrogens is 365 g/mol. The second-order valence-corrected chi connectivity index (χ2v) is 8.26. The molecule has 1 aliphatic carbocycles. The Labute approximate surface area is 157 Å². The van der Waals surface area contributed by atoms with Crippen molar-refractivity contribution < 1.29 is 9.90 Å². The van der Waals surface area contributed by atoms with E-state index in [1.807, 2.05) is 0 Å². The maximum atomic E-state index is 12.5. The number of aromatic amines is 1. The van der Waals surface area contributed by atoms with Gasteiger partial charge in [0, 0.05) is 25.0 Å². The van der Waals surface area contributed by atoms with E-state index in [0.717, 1.165) is 12.8 Å². The second-order valence-electron chi connectivity index (χ2n) is 7.14. The summed E-state index contributed by atoms with van der Waals surface area (Å²) in [6.45, 7) is 1.24. The maximum absolute atomic E-state index is 12.5. The van der Waals surface area contributed by atoms with Crippen LogP contribution in [0.1, 0.15) is 36.0 Å². The van der Waals surface area contributed by atoms with Crippen LogP contribution in [-0.4, -0.2) is 62.1 Å². The van der Waals surface area contributed by atoms with E-state index in [0.29, 0.717) is 31.5 Å². The van der Waals surface area contributed by atoms with Crippen molar-refractivity contribution in [2.45, 2.75) is 48.6 Å². The summed E-state index contributed by atoms with van der Waals surface area (Å²) < 4.78 is 0. The van der Waals surface area contributed by atoms with Crippen LogP contribution < -0.4 is 11.5 Å². The minimum absolute atomic E-state index is 0.0470.